The van der Waals surface area contributed by atoms with Crippen LogP contribution in [0.2, 0.25) is 5.02 Å². The molecule has 0 aliphatic carbocycles. The lowest BCUT2D eigenvalue weighted by Gasteiger charge is -2.13. The molecule has 1 heterocycles. The zero-order chi connectivity index (χ0) is 17.5. The quantitative estimate of drug-likeness (QED) is 0.604. The fourth-order valence-electron chi connectivity index (χ4n) is 2.15. The van der Waals surface area contributed by atoms with Crippen molar-refractivity contribution in [3.8, 4) is 11.5 Å². The number of ether oxygens (including phenoxy) is 2. The zero-order valence-electron chi connectivity index (χ0n) is 13.7. The smallest absolute Gasteiger partial charge is 0.161 e. The van der Waals surface area contributed by atoms with Crippen LogP contribution < -0.4 is 9.47 Å². The highest BCUT2D eigenvalue weighted by Gasteiger charge is 2.08. The van der Waals surface area contributed by atoms with Gasteiger partial charge in [-0.1, -0.05) is 29.8 Å². The lowest BCUT2D eigenvalue weighted by molar-refractivity contribution is 0.269. The second kappa shape index (κ2) is 8.30. The van der Waals surface area contributed by atoms with Crippen LogP contribution in [-0.2, 0) is 6.61 Å². The largest absolute Gasteiger partial charge is 0.490 e. The molecule has 6 nitrogen and oxygen atoms in total. The third kappa shape index (κ3) is 4.58. The van der Waals surface area contributed by atoms with E-state index in [0.29, 0.717) is 29.7 Å². The monoisotopic (exact) mass is 356 g/mol. The highest BCUT2D eigenvalue weighted by Crippen LogP contribution is 2.29. The van der Waals surface area contributed by atoms with Crippen molar-refractivity contribution in [3.63, 3.8) is 0 Å². The minimum absolute atomic E-state index is 0.369. The molecule has 0 fully saturated rings. The van der Waals surface area contributed by atoms with Crippen molar-refractivity contribution in [1.29, 1.82) is 0 Å². The van der Waals surface area contributed by atoms with Crippen molar-refractivity contribution >= 4 is 17.8 Å². The van der Waals surface area contributed by atoms with Gasteiger partial charge in [-0.05, 0) is 36.8 Å². The Labute approximate surface area is 150 Å². The predicted molar refractivity (Wildman–Crippen MR) is 96.4 cm³/mol. The Balaban J connectivity index is 1.76. The van der Waals surface area contributed by atoms with E-state index in [1.807, 2.05) is 49.4 Å². The van der Waals surface area contributed by atoms with Crippen LogP contribution in [0, 0.1) is 0 Å². The summed E-state index contributed by atoms with van der Waals surface area (Å²) in [6.45, 7) is 2.83. The summed E-state index contributed by atoms with van der Waals surface area (Å²) < 4.78 is 13.1. The first kappa shape index (κ1) is 17.0. The molecule has 0 unspecified atom stereocenters. The third-order valence-electron chi connectivity index (χ3n) is 3.36. The number of halogens is 1. The maximum Gasteiger partial charge on any atom is 0.161 e. The van der Waals surface area contributed by atoms with Crippen molar-refractivity contribution in [2.24, 2.45) is 5.10 Å². The molecule has 0 N–H and O–H groups in total. The molecule has 3 rings (SSSR count). The molecule has 7 heteroatoms. The highest BCUT2D eigenvalue weighted by molar-refractivity contribution is 6.31. The van der Waals surface area contributed by atoms with Crippen LogP contribution >= 0.6 is 11.6 Å². The van der Waals surface area contributed by atoms with Crippen LogP contribution in [0.25, 0.3) is 0 Å². The molecule has 0 radical (unpaired) electrons. The van der Waals surface area contributed by atoms with Gasteiger partial charge >= 0.3 is 0 Å². The number of aromatic nitrogens is 3. The number of hydrogen-bond acceptors (Lipinski definition) is 5. The van der Waals surface area contributed by atoms with Crippen molar-refractivity contribution in [3.05, 3.63) is 71.3 Å². The van der Waals surface area contributed by atoms with Gasteiger partial charge in [-0.25, -0.2) is 4.68 Å². The maximum atomic E-state index is 6.17. The van der Waals surface area contributed by atoms with Gasteiger partial charge in [0.25, 0.3) is 0 Å². The average molecular weight is 357 g/mol. The first-order valence-corrected chi connectivity index (χ1v) is 8.16. The van der Waals surface area contributed by atoms with E-state index in [4.69, 9.17) is 21.1 Å². The van der Waals surface area contributed by atoms with Crippen molar-refractivity contribution in [2.45, 2.75) is 13.5 Å². The van der Waals surface area contributed by atoms with Crippen LogP contribution in [0.5, 0.6) is 11.5 Å². The summed E-state index contributed by atoms with van der Waals surface area (Å²) in [4.78, 5) is 0. The summed E-state index contributed by atoms with van der Waals surface area (Å²) in [6, 6.07) is 13.2. The maximum absolute atomic E-state index is 6.17. The molecule has 0 amide bonds. The van der Waals surface area contributed by atoms with Crippen LogP contribution in [0.4, 0.5) is 0 Å². The normalized spacial score (nSPS) is 11.0. The summed E-state index contributed by atoms with van der Waals surface area (Å²) in [5, 5.41) is 12.3. The summed E-state index contributed by atoms with van der Waals surface area (Å²) >= 11 is 6.17. The summed E-state index contributed by atoms with van der Waals surface area (Å²) in [5.41, 5.74) is 1.80. The average Bonchev–Trinajstić information content (AvgIpc) is 3.14. The molecule has 25 heavy (non-hydrogen) atoms. The molecule has 2 aromatic carbocycles. The Kier molecular flexibility index (Phi) is 5.64. The molecule has 0 bridgehead atoms. The SMILES string of the molecule is CCOc1cc(/C=N/n2cnnc2)ccc1OCc1ccccc1Cl. The van der Waals surface area contributed by atoms with E-state index in [2.05, 4.69) is 15.3 Å². The number of rotatable bonds is 7. The fourth-order valence-corrected chi connectivity index (χ4v) is 2.34. The van der Waals surface area contributed by atoms with Crippen LogP contribution in [-0.4, -0.2) is 27.7 Å². The molecular formula is C18H17ClN4O2. The van der Waals surface area contributed by atoms with E-state index < -0.39 is 0 Å². The lowest BCUT2D eigenvalue weighted by Crippen LogP contribution is -2.01. The summed E-state index contributed by atoms with van der Waals surface area (Å²) in [5.74, 6) is 1.31. The van der Waals surface area contributed by atoms with E-state index in [-0.39, 0.29) is 0 Å². The van der Waals surface area contributed by atoms with Crippen LogP contribution in [0.1, 0.15) is 18.1 Å². The predicted octanol–water partition coefficient (Wildman–Crippen LogP) is 3.79. The van der Waals surface area contributed by atoms with Gasteiger partial charge < -0.3 is 9.47 Å². The lowest BCUT2D eigenvalue weighted by atomic mass is 10.2. The fraction of sp³-hybridized carbons (Fsp3) is 0.167. The second-order valence-corrected chi connectivity index (χ2v) is 5.51. The molecule has 0 spiro atoms. The van der Waals surface area contributed by atoms with Crippen LogP contribution in [0.15, 0.2) is 60.2 Å². The zero-order valence-corrected chi connectivity index (χ0v) is 14.4. The molecule has 0 saturated heterocycles. The minimum Gasteiger partial charge on any atom is -0.490 e. The van der Waals surface area contributed by atoms with Gasteiger partial charge in [0.15, 0.2) is 11.5 Å². The number of hydrogen-bond donors (Lipinski definition) is 0. The molecule has 1 aromatic heterocycles. The molecule has 3 aromatic rings. The van der Waals surface area contributed by atoms with E-state index >= 15 is 0 Å². The van der Waals surface area contributed by atoms with Crippen molar-refractivity contribution in [1.82, 2.24) is 14.9 Å². The highest BCUT2D eigenvalue weighted by atomic mass is 35.5. The van der Waals surface area contributed by atoms with Gasteiger partial charge in [-0.15, -0.1) is 10.2 Å². The standard InChI is InChI=1S/C18H17ClN4O2/c1-2-24-18-9-14(10-22-23-12-20-21-13-23)7-8-17(18)25-11-15-5-3-4-6-16(15)19/h3-10,12-13H,2,11H2,1H3/b22-10+. The molecule has 0 aliphatic rings. The molecule has 0 atom stereocenters. The van der Waals surface area contributed by atoms with E-state index in [9.17, 15) is 0 Å². The first-order chi connectivity index (χ1) is 12.3. The van der Waals surface area contributed by atoms with Gasteiger partial charge in [0, 0.05) is 10.6 Å². The Morgan fingerprint density at radius 2 is 1.88 bits per heavy atom. The van der Waals surface area contributed by atoms with E-state index in [0.717, 1.165) is 11.1 Å². The number of benzene rings is 2. The van der Waals surface area contributed by atoms with E-state index in [1.165, 1.54) is 17.3 Å². The van der Waals surface area contributed by atoms with Gasteiger partial charge in [-0.2, -0.15) is 5.10 Å². The minimum atomic E-state index is 0.369. The Morgan fingerprint density at radius 1 is 1.08 bits per heavy atom. The molecule has 128 valence electrons. The van der Waals surface area contributed by atoms with E-state index in [1.54, 1.807) is 6.21 Å². The third-order valence-corrected chi connectivity index (χ3v) is 3.72. The van der Waals surface area contributed by atoms with Gasteiger partial charge in [-0.3, -0.25) is 0 Å². The van der Waals surface area contributed by atoms with Crippen molar-refractivity contribution < 1.29 is 9.47 Å². The Bertz CT molecular complexity index is 850. The first-order valence-electron chi connectivity index (χ1n) is 7.78. The summed E-state index contributed by atoms with van der Waals surface area (Å²) in [7, 11) is 0. The van der Waals surface area contributed by atoms with Gasteiger partial charge in [0.2, 0.25) is 0 Å². The Hall–Kier alpha value is -2.86. The Morgan fingerprint density at radius 3 is 2.64 bits per heavy atom. The van der Waals surface area contributed by atoms with Crippen LogP contribution in [0.3, 0.4) is 0 Å². The molecular weight excluding hydrogens is 340 g/mol. The summed E-state index contributed by atoms with van der Waals surface area (Å²) in [6.07, 6.45) is 4.73. The second-order valence-electron chi connectivity index (χ2n) is 5.11. The molecule has 0 saturated carbocycles. The number of nitrogens with zero attached hydrogens (tertiary/aromatic N) is 4. The van der Waals surface area contributed by atoms with Gasteiger partial charge in [0.05, 0.1) is 12.8 Å². The topological polar surface area (TPSA) is 61.5 Å². The van der Waals surface area contributed by atoms with Gasteiger partial charge in [0.1, 0.15) is 19.3 Å². The van der Waals surface area contributed by atoms with Crippen molar-refractivity contribution in [2.75, 3.05) is 6.61 Å². The molecule has 0 aliphatic heterocycles.